The van der Waals surface area contributed by atoms with Gasteiger partial charge in [-0.25, -0.2) is 4.79 Å². The Morgan fingerprint density at radius 3 is 2.91 bits per heavy atom. The predicted octanol–water partition coefficient (Wildman–Crippen LogP) is 2.91. The van der Waals surface area contributed by atoms with Gasteiger partial charge >= 0.3 is 6.09 Å². The van der Waals surface area contributed by atoms with Gasteiger partial charge in [0.05, 0.1) is 6.04 Å². The molecule has 3 rings (SSSR count). The second-order valence-corrected chi connectivity index (χ2v) is 6.33. The minimum absolute atomic E-state index is 0.0317. The number of nitrogens with zero attached hydrogens (tertiary/aromatic N) is 2. The van der Waals surface area contributed by atoms with E-state index in [2.05, 4.69) is 16.7 Å². The van der Waals surface area contributed by atoms with Crippen LogP contribution in [0.1, 0.15) is 25.3 Å². The first-order valence-corrected chi connectivity index (χ1v) is 7.96. The summed E-state index contributed by atoms with van der Waals surface area (Å²) in [6, 6.07) is 8.08. The Morgan fingerprint density at radius 2 is 2.18 bits per heavy atom. The van der Waals surface area contributed by atoms with Crippen molar-refractivity contribution in [1.82, 2.24) is 9.80 Å². The first-order valence-electron chi connectivity index (χ1n) is 7.58. The standard InChI is InChI=1S/C17H19ClN2O2/c1-12-16-8-7-15(20(16)10-9-19(12)17(21)22)6-5-13-3-2-4-14(18)11-13/h2-4,11-12,15-16H,7-10H2,1H3,(H,21,22)/t12?,15-,16-/m0/s1. The van der Waals surface area contributed by atoms with Crippen LogP contribution >= 0.6 is 11.6 Å². The van der Waals surface area contributed by atoms with E-state index in [4.69, 9.17) is 11.6 Å². The SMILES string of the molecule is CC1[C@@H]2CC[C@H](C#Cc3cccc(Cl)c3)N2CCN1C(=O)O. The summed E-state index contributed by atoms with van der Waals surface area (Å²) in [5.41, 5.74) is 0.924. The first-order chi connectivity index (χ1) is 10.6. The summed E-state index contributed by atoms with van der Waals surface area (Å²) in [4.78, 5) is 15.2. The normalized spacial score (nSPS) is 27.9. The fourth-order valence-corrected chi connectivity index (χ4v) is 3.71. The molecule has 3 atom stereocenters. The lowest BCUT2D eigenvalue weighted by atomic mass is 10.0. The molecule has 0 saturated carbocycles. The fraction of sp³-hybridized carbons (Fsp3) is 0.471. The summed E-state index contributed by atoms with van der Waals surface area (Å²) in [6.45, 7) is 3.32. The molecule has 22 heavy (non-hydrogen) atoms. The number of carbonyl (C=O) groups is 1. The van der Waals surface area contributed by atoms with Crippen molar-refractivity contribution < 1.29 is 9.90 Å². The zero-order chi connectivity index (χ0) is 15.7. The van der Waals surface area contributed by atoms with Crippen LogP contribution in [0, 0.1) is 11.8 Å². The molecule has 1 N–H and O–H groups in total. The molecule has 0 bridgehead atoms. The number of hydrogen-bond acceptors (Lipinski definition) is 2. The van der Waals surface area contributed by atoms with Gasteiger partial charge in [0.2, 0.25) is 0 Å². The van der Waals surface area contributed by atoms with Crippen molar-refractivity contribution in [1.29, 1.82) is 0 Å². The monoisotopic (exact) mass is 318 g/mol. The van der Waals surface area contributed by atoms with E-state index < -0.39 is 6.09 Å². The smallest absolute Gasteiger partial charge is 0.407 e. The molecule has 2 fully saturated rings. The van der Waals surface area contributed by atoms with Crippen molar-refractivity contribution in [2.75, 3.05) is 13.1 Å². The lowest BCUT2D eigenvalue weighted by Gasteiger charge is -2.42. The van der Waals surface area contributed by atoms with Crippen LogP contribution in [-0.4, -0.2) is 52.2 Å². The third-order valence-electron chi connectivity index (χ3n) is 4.66. The Hall–Kier alpha value is -1.70. The van der Waals surface area contributed by atoms with E-state index in [0.29, 0.717) is 11.6 Å². The van der Waals surface area contributed by atoms with Crippen LogP contribution < -0.4 is 0 Å². The van der Waals surface area contributed by atoms with Gasteiger partial charge in [0.15, 0.2) is 0 Å². The predicted molar refractivity (Wildman–Crippen MR) is 86.0 cm³/mol. The molecule has 0 aliphatic carbocycles. The molecule has 116 valence electrons. The van der Waals surface area contributed by atoms with Gasteiger partial charge in [0, 0.05) is 35.8 Å². The zero-order valence-electron chi connectivity index (χ0n) is 12.5. The van der Waals surface area contributed by atoms with Crippen LogP contribution in [0.25, 0.3) is 0 Å². The maximum atomic E-state index is 11.2. The van der Waals surface area contributed by atoms with E-state index in [0.717, 1.165) is 24.9 Å². The summed E-state index contributed by atoms with van der Waals surface area (Å²) in [6.07, 6.45) is 1.18. The van der Waals surface area contributed by atoms with Crippen LogP contribution in [-0.2, 0) is 0 Å². The lowest BCUT2D eigenvalue weighted by molar-refractivity contribution is 0.0436. The van der Waals surface area contributed by atoms with E-state index in [9.17, 15) is 9.90 Å². The topological polar surface area (TPSA) is 43.8 Å². The summed E-state index contributed by atoms with van der Waals surface area (Å²) in [5.74, 6) is 6.54. The largest absolute Gasteiger partial charge is 0.465 e. The number of piperazine rings is 1. The third kappa shape index (κ3) is 2.92. The number of benzene rings is 1. The third-order valence-corrected chi connectivity index (χ3v) is 4.90. The van der Waals surface area contributed by atoms with Crippen LogP contribution in [0.2, 0.25) is 5.02 Å². The van der Waals surface area contributed by atoms with Crippen molar-refractivity contribution in [3.63, 3.8) is 0 Å². The maximum Gasteiger partial charge on any atom is 0.407 e. The number of hydrogen-bond donors (Lipinski definition) is 1. The summed E-state index contributed by atoms with van der Waals surface area (Å²) < 4.78 is 0. The second-order valence-electron chi connectivity index (χ2n) is 5.89. The van der Waals surface area contributed by atoms with Gasteiger partial charge in [-0.1, -0.05) is 29.5 Å². The number of rotatable bonds is 0. The molecule has 1 unspecified atom stereocenters. The molecule has 0 aromatic heterocycles. The highest BCUT2D eigenvalue weighted by atomic mass is 35.5. The Morgan fingerprint density at radius 1 is 1.36 bits per heavy atom. The Labute approximate surface area is 135 Å². The quantitative estimate of drug-likeness (QED) is 0.748. The fourth-order valence-electron chi connectivity index (χ4n) is 3.52. The van der Waals surface area contributed by atoms with Gasteiger partial charge in [-0.2, -0.15) is 0 Å². The average Bonchev–Trinajstić information content (AvgIpc) is 2.89. The van der Waals surface area contributed by atoms with E-state index in [1.54, 1.807) is 4.90 Å². The van der Waals surface area contributed by atoms with E-state index >= 15 is 0 Å². The number of carboxylic acid groups (broad SMARTS) is 1. The Kier molecular flexibility index (Phi) is 4.28. The molecule has 0 radical (unpaired) electrons. The van der Waals surface area contributed by atoms with Crippen molar-refractivity contribution in [2.24, 2.45) is 0 Å². The molecular formula is C17H19ClN2O2. The number of amides is 1. The van der Waals surface area contributed by atoms with Gasteiger partial charge in [0.25, 0.3) is 0 Å². The molecule has 2 saturated heterocycles. The van der Waals surface area contributed by atoms with Crippen LogP contribution in [0.15, 0.2) is 24.3 Å². The highest BCUT2D eigenvalue weighted by Crippen LogP contribution is 2.31. The van der Waals surface area contributed by atoms with Crippen molar-refractivity contribution in [3.8, 4) is 11.8 Å². The van der Waals surface area contributed by atoms with Gasteiger partial charge < -0.3 is 10.0 Å². The van der Waals surface area contributed by atoms with Crippen LogP contribution in [0.4, 0.5) is 4.79 Å². The van der Waals surface area contributed by atoms with Gasteiger partial charge in [0.1, 0.15) is 0 Å². The minimum Gasteiger partial charge on any atom is -0.465 e. The highest BCUT2D eigenvalue weighted by Gasteiger charge is 2.42. The maximum absolute atomic E-state index is 11.2. The van der Waals surface area contributed by atoms with Crippen LogP contribution in [0.5, 0.6) is 0 Å². The summed E-state index contributed by atoms with van der Waals surface area (Å²) in [7, 11) is 0. The minimum atomic E-state index is -0.819. The zero-order valence-corrected chi connectivity index (χ0v) is 13.3. The van der Waals surface area contributed by atoms with Gasteiger partial charge in [-0.15, -0.1) is 0 Å². The van der Waals surface area contributed by atoms with Crippen molar-refractivity contribution in [3.05, 3.63) is 34.9 Å². The molecule has 1 aromatic carbocycles. The highest BCUT2D eigenvalue weighted by molar-refractivity contribution is 6.30. The molecule has 2 aliphatic rings. The van der Waals surface area contributed by atoms with Crippen molar-refractivity contribution >= 4 is 17.7 Å². The van der Waals surface area contributed by atoms with E-state index in [1.807, 2.05) is 31.2 Å². The molecular weight excluding hydrogens is 300 g/mol. The summed E-state index contributed by atoms with van der Waals surface area (Å²) in [5, 5.41) is 9.93. The van der Waals surface area contributed by atoms with E-state index in [1.165, 1.54) is 0 Å². The molecule has 1 amide bonds. The van der Waals surface area contributed by atoms with E-state index in [-0.39, 0.29) is 18.1 Å². The Balaban J connectivity index is 1.73. The Bertz CT molecular complexity index is 637. The lowest BCUT2D eigenvalue weighted by Crippen LogP contribution is -2.58. The summed E-state index contributed by atoms with van der Waals surface area (Å²) >= 11 is 5.98. The average molecular weight is 319 g/mol. The number of fused-ring (bicyclic) bond motifs is 1. The second kappa shape index (κ2) is 6.20. The van der Waals surface area contributed by atoms with Crippen LogP contribution in [0.3, 0.4) is 0 Å². The molecule has 0 spiro atoms. The first kappa shape index (κ1) is 15.2. The molecule has 1 aromatic rings. The molecule has 4 nitrogen and oxygen atoms in total. The molecule has 2 heterocycles. The molecule has 2 aliphatic heterocycles. The van der Waals surface area contributed by atoms with Gasteiger partial charge in [-0.3, -0.25) is 4.90 Å². The van der Waals surface area contributed by atoms with Crippen molar-refractivity contribution in [2.45, 2.75) is 37.9 Å². The van der Waals surface area contributed by atoms with Gasteiger partial charge in [-0.05, 0) is 38.0 Å². The molecule has 5 heteroatoms. The number of halogens is 1.